The standard InChI is InChI=1S/C17H17F5N4O4S/c1-26(8-9-2-3-11(18)12(19)4-9)31(29,30)10-5-13(23)15(24-6-10)16(28)25-7-14(27)17(20,21)22/h2-6,14,27H,7-8,23H2,1H3,(H,25,28). The maximum absolute atomic E-state index is 13.3. The van der Waals surface area contributed by atoms with Gasteiger partial charge in [0.05, 0.1) is 12.2 Å². The Morgan fingerprint density at radius 1 is 1.26 bits per heavy atom. The van der Waals surface area contributed by atoms with Gasteiger partial charge in [-0.3, -0.25) is 4.79 Å². The fraction of sp³-hybridized carbons (Fsp3) is 0.294. The first-order chi connectivity index (χ1) is 14.2. The highest BCUT2D eigenvalue weighted by Gasteiger charge is 2.38. The number of nitrogens with one attached hydrogen (secondary N) is 1. The van der Waals surface area contributed by atoms with Gasteiger partial charge in [0.25, 0.3) is 5.91 Å². The van der Waals surface area contributed by atoms with E-state index in [0.29, 0.717) is 0 Å². The predicted molar refractivity (Wildman–Crippen MR) is 98.1 cm³/mol. The largest absolute Gasteiger partial charge is 0.416 e. The molecular weight excluding hydrogens is 451 g/mol. The van der Waals surface area contributed by atoms with Crippen molar-refractivity contribution in [2.75, 3.05) is 19.3 Å². The highest BCUT2D eigenvalue weighted by molar-refractivity contribution is 7.89. The molecule has 1 unspecified atom stereocenters. The zero-order chi connectivity index (χ0) is 23.6. The lowest BCUT2D eigenvalue weighted by Gasteiger charge is -2.18. The van der Waals surface area contributed by atoms with Crippen LogP contribution < -0.4 is 11.1 Å². The van der Waals surface area contributed by atoms with Gasteiger partial charge in [0.1, 0.15) is 4.90 Å². The summed E-state index contributed by atoms with van der Waals surface area (Å²) in [5.41, 5.74) is 4.79. The van der Waals surface area contributed by atoms with Crippen molar-refractivity contribution in [1.82, 2.24) is 14.6 Å². The Balaban J connectivity index is 2.16. The van der Waals surface area contributed by atoms with E-state index in [2.05, 4.69) is 4.98 Å². The molecule has 0 aliphatic heterocycles. The van der Waals surface area contributed by atoms with Gasteiger partial charge in [-0.05, 0) is 23.8 Å². The minimum Gasteiger partial charge on any atom is -0.397 e. The number of carbonyl (C=O) groups excluding carboxylic acids is 1. The number of nitrogens with two attached hydrogens (primary N) is 1. The summed E-state index contributed by atoms with van der Waals surface area (Å²) in [6.07, 6.45) is -6.98. The third-order valence-electron chi connectivity index (χ3n) is 4.04. The second-order valence-electron chi connectivity index (χ2n) is 6.39. The van der Waals surface area contributed by atoms with Gasteiger partial charge in [0.2, 0.25) is 10.0 Å². The van der Waals surface area contributed by atoms with Crippen LogP contribution in [-0.4, -0.2) is 54.6 Å². The SMILES string of the molecule is CN(Cc1ccc(F)c(F)c1)S(=O)(=O)c1cnc(C(=O)NCC(O)C(F)(F)F)c(N)c1. The van der Waals surface area contributed by atoms with Crippen molar-refractivity contribution in [3.8, 4) is 0 Å². The molecule has 1 heterocycles. The molecule has 0 aliphatic rings. The zero-order valence-electron chi connectivity index (χ0n) is 15.8. The first-order valence-corrected chi connectivity index (χ1v) is 9.86. The molecule has 2 rings (SSSR count). The van der Waals surface area contributed by atoms with Crippen LogP contribution in [-0.2, 0) is 16.6 Å². The van der Waals surface area contributed by atoms with Crippen LogP contribution >= 0.6 is 0 Å². The molecule has 0 saturated carbocycles. The molecule has 0 spiro atoms. The molecule has 4 N–H and O–H groups in total. The molecule has 1 atom stereocenters. The molecule has 0 fully saturated rings. The summed E-state index contributed by atoms with van der Waals surface area (Å²) in [7, 11) is -3.06. The first-order valence-electron chi connectivity index (χ1n) is 8.42. The van der Waals surface area contributed by atoms with Gasteiger partial charge in [-0.2, -0.15) is 17.5 Å². The van der Waals surface area contributed by atoms with Crippen LogP contribution in [0.1, 0.15) is 16.1 Å². The normalized spacial score (nSPS) is 13.3. The van der Waals surface area contributed by atoms with Crippen molar-refractivity contribution in [3.05, 3.63) is 53.4 Å². The second-order valence-corrected chi connectivity index (χ2v) is 8.43. The molecule has 1 aromatic heterocycles. The van der Waals surface area contributed by atoms with E-state index < -0.39 is 62.7 Å². The maximum atomic E-state index is 13.3. The van der Waals surface area contributed by atoms with E-state index in [1.807, 2.05) is 0 Å². The third-order valence-corrected chi connectivity index (χ3v) is 5.81. The van der Waals surface area contributed by atoms with E-state index in [9.17, 15) is 35.2 Å². The van der Waals surface area contributed by atoms with Crippen molar-refractivity contribution in [2.24, 2.45) is 0 Å². The van der Waals surface area contributed by atoms with Crippen LogP contribution in [0.5, 0.6) is 0 Å². The number of rotatable bonds is 7. The molecule has 14 heteroatoms. The lowest BCUT2D eigenvalue weighted by molar-refractivity contribution is -0.201. The van der Waals surface area contributed by atoms with Crippen LogP contribution in [0.3, 0.4) is 0 Å². The van der Waals surface area contributed by atoms with Crippen LogP contribution in [0.2, 0.25) is 0 Å². The minimum absolute atomic E-state index is 0.158. The number of halogens is 5. The molecule has 2 aromatic rings. The van der Waals surface area contributed by atoms with E-state index in [1.54, 1.807) is 5.32 Å². The zero-order valence-corrected chi connectivity index (χ0v) is 16.6. The number of carbonyl (C=O) groups is 1. The topological polar surface area (TPSA) is 126 Å². The number of pyridine rings is 1. The first kappa shape index (κ1) is 24.4. The molecule has 31 heavy (non-hydrogen) atoms. The number of aromatic nitrogens is 1. The van der Waals surface area contributed by atoms with E-state index >= 15 is 0 Å². The quantitative estimate of drug-likeness (QED) is 0.528. The summed E-state index contributed by atoms with van der Waals surface area (Å²) in [4.78, 5) is 15.1. The van der Waals surface area contributed by atoms with E-state index in [-0.39, 0.29) is 12.1 Å². The van der Waals surface area contributed by atoms with Gasteiger partial charge < -0.3 is 16.2 Å². The fourth-order valence-corrected chi connectivity index (χ4v) is 3.48. The number of nitrogens with zero attached hydrogens (tertiary/aromatic N) is 2. The highest BCUT2D eigenvalue weighted by Crippen LogP contribution is 2.22. The third kappa shape index (κ3) is 5.86. The fourth-order valence-electron chi connectivity index (χ4n) is 2.34. The Morgan fingerprint density at radius 2 is 1.90 bits per heavy atom. The smallest absolute Gasteiger partial charge is 0.397 e. The summed E-state index contributed by atoms with van der Waals surface area (Å²) in [5.74, 6) is -3.40. The van der Waals surface area contributed by atoms with Gasteiger partial charge in [-0.1, -0.05) is 6.07 Å². The van der Waals surface area contributed by atoms with Crippen LogP contribution in [0.4, 0.5) is 27.6 Å². The maximum Gasteiger partial charge on any atom is 0.416 e. The van der Waals surface area contributed by atoms with Crippen LogP contribution in [0, 0.1) is 11.6 Å². The van der Waals surface area contributed by atoms with Crippen molar-refractivity contribution in [3.63, 3.8) is 0 Å². The number of amides is 1. The van der Waals surface area contributed by atoms with Gasteiger partial charge in [-0.25, -0.2) is 22.2 Å². The summed E-state index contributed by atoms with van der Waals surface area (Å²) in [6.45, 7) is -1.47. The van der Waals surface area contributed by atoms with Crippen molar-refractivity contribution < 1.29 is 40.3 Å². The Morgan fingerprint density at radius 3 is 2.45 bits per heavy atom. The lowest BCUT2D eigenvalue weighted by Crippen LogP contribution is -2.41. The summed E-state index contributed by atoms with van der Waals surface area (Å²) in [6, 6.07) is 3.74. The Bertz CT molecular complexity index is 1080. The number of aliphatic hydroxyl groups excluding tert-OH is 1. The second kappa shape index (κ2) is 9.11. The lowest BCUT2D eigenvalue weighted by atomic mass is 10.2. The molecule has 0 saturated heterocycles. The molecular formula is C17H17F5N4O4S. The number of anilines is 1. The van der Waals surface area contributed by atoms with Crippen molar-refractivity contribution in [2.45, 2.75) is 23.7 Å². The summed E-state index contributed by atoms with van der Waals surface area (Å²) < 4.78 is 89.3. The van der Waals surface area contributed by atoms with Crippen molar-refractivity contribution >= 4 is 21.6 Å². The van der Waals surface area contributed by atoms with E-state index in [4.69, 9.17) is 10.8 Å². The number of aliphatic hydroxyl groups is 1. The average Bonchev–Trinajstić information content (AvgIpc) is 2.67. The number of sulfonamides is 1. The van der Waals surface area contributed by atoms with Gasteiger partial charge in [0.15, 0.2) is 23.4 Å². The molecule has 0 aliphatic carbocycles. The van der Waals surface area contributed by atoms with Gasteiger partial charge in [0, 0.05) is 19.8 Å². The predicted octanol–water partition coefficient (Wildman–Crippen LogP) is 1.42. The van der Waals surface area contributed by atoms with Gasteiger partial charge >= 0.3 is 6.18 Å². The summed E-state index contributed by atoms with van der Waals surface area (Å²) in [5, 5.41) is 10.7. The monoisotopic (exact) mass is 468 g/mol. The van der Waals surface area contributed by atoms with Gasteiger partial charge in [-0.15, -0.1) is 0 Å². The minimum atomic E-state index is -4.94. The molecule has 8 nitrogen and oxygen atoms in total. The van der Waals surface area contributed by atoms with Crippen LogP contribution in [0.25, 0.3) is 0 Å². The molecule has 1 aromatic carbocycles. The van der Waals surface area contributed by atoms with E-state index in [0.717, 1.165) is 35.7 Å². The highest BCUT2D eigenvalue weighted by atomic mass is 32.2. The number of benzene rings is 1. The van der Waals surface area contributed by atoms with E-state index in [1.165, 1.54) is 6.07 Å². The molecule has 1 amide bonds. The number of hydrogen-bond acceptors (Lipinski definition) is 6. The number of nitrogen functional groups attached to an aromatic ring is 1. The Kier molecular flexibility index (Phi) is 7.18. The molecule has 170 valence electrons. The molecule has 0 bridgehead atoms. The number of alkyl halides is 3. The Hall–Kier alpha value is -2.84. The summed E-state index contributed by atoms with van der Waals surface area (Å²) >= 11 is 0. The van der Waals surface area contributed by atoms with Crippen LogP contribution in [0.15, 0.2) is 35.4 Å². The average molecular weight is 468 g/mol. The number of hydrogen-bond donors (Lipinski definition) is 3. The molecule has 0 radical (unpaired) electrons. The van der Waals surface area contributed by atoms with Crippen molar-refractivity contribution in [1.29, 1.82) is 0 Å². The Labute approximate surface area is 173 Å².